The third-order valence-corrected chi connectivity index (χ3v) is 3.27. The van der Waals surface area contributed by atoms with Gasteiger partial charge < -0.3 is 30.6 Å². The van der Waals surface area contributed by atoms with Gasteiger partial charge in [-0.3, -0.25) is 4.79 Å². The smallest absolute Gasteiger partial charge is 0.227 e. The van der Waals surface area contributed by atoms with Crippen molar-refractivity contribution in [2.75, 3.05) is 0 Å². The van der Waals surface area contributed by atoms with Crippen molar-refractivity contribution in [1.82, 2.24) is 0 Å². The molecule has 0 spiro atoms. The summed E-state index contributed by atoms with van der Waals surface area (Å²) in [5, 5.41) is 57.9. The molecule has 0 amide bonds. The van der Waals surface area contributed by atoms with Gasteiger partial charge in [0.1, 0.15) is 5.76 Å². The fourth-order valence-corrected chi connectivity index (χ4v) is 2.08. The zero-order valence-electron chi connectivity index (χ0n) is 10.2. The van der Waals surface area contributed by atoms with E-state index in [1.807, 2.05) is 0 Å². The summed E-state index contributed by atoms with van der Waals surface area (Å²) in [5.74, 6) is -5.33. The molecule has 0 fully saturated rings. The minimum atomic E-state index is -3.27. The van der Waals surface area contributed by atoms with E-state index in [-0.39, 0.29) is 5.56 Å². The summed E-state index contributed by atoms with van der Waals surface area (Å²) in [4.78, 5) is 12.2. The zero-order chi connectivity index (χ0) is 15.1. The highest BCUT2D eigenvalue weighted by molar-refractivity contribution is 6.04. The molecule has 0 heterocycles. The van der Waals surface area contributed by atoms with Gasteiger partial charge in [0.25, 0.3) is 0 Å². The molecule has 20 heavy (non-hydrogen) atoms. The van der Waals surface area contributed by atoms with Crippen molar-refractivity contribution in [2.45, 2.75) is 23.6 Å². The van der Waals surface area contributed by atoms with Crippen LogP contribution >= 0.6 is 0 Å². The van der Waals surface area contributed by atoms with Crippen molar-refractivity contribution in [1.29, 1.82) is 0 Å². The fraction of sp³-hybridized carbons (Fsp3) is 0.308. The summed E-state index contributed by atoms with van der Waals surface area (Å²) in [7, 11) is 0. The lowest BCUT2D eigenvalue weighted by atomic mass is 9.76. The van der Waals surface area contributed by atoms with Crippen LogP contribution in [0.25, 0.3) is 0 Å². The van der Waals surface area contributed by atoms with E-state index in [2.05, 4.69) is 0 Å². The normalized spacial score (nSPS) is 32.5. The Bertz CT molecular complexity index is 551. The Balaban J connectivity index is 2.51. The number of hydrogen-bond donors (Lipinski definition) is 6. The molecule has 108 valence electrons. The van der Waals surface area contributed by atoms with Gasteiger partial charge in [-0.2, -0.15) is 0 Å². The van der Waals surface area contributed by atoms with Crippen molar-refractivity contribution < 1.29 is 35.4 Å². The Morgan fingerprint density at radius 2 is 1.60 bits per heavy atom. The van der Waals surface area contributed by atoms with E-state index in [1.54, 1.807) is 6.07 Å². The molecule has 0 aromatic heterocycles. The molecule has 0 bridgehead atoms. The molecule has 1 aromatic rings. The first-order valence-electron chi connectivity index (χ1n) is 5.76. The summed E-state index contributed by atoms with van der Waals surface area (Å²) in [6.45, 7) is 0. The Morgan fingerprint density at radius 3 is 2.15 bits per heavy atom. The lowest BCUT2D eigenvalue weighted by Gasteiger charge is -2.42. The minimum Gasteiger partial charge on any atom is -0.510 e. The first kappa shape index (κ1) is 14.6. The maximum Gasteiger partial charge on any atom is 0.227 e. The van der Waals surface area contributed by atoms with E-state index in [1.165, 1.54) is 24.3 Å². The summed E-state index contributed by atoms with van der Waals surface area (Å²) in [5.41, 5.74) is -2.78. The molecule has 0 saturated heterocycles. The van der Waals surface area contributed by atoms with Gasteiger partial charge in [0, 0.05) is 5.56 Å². The maximum absolute atomic E-state index is 12.2. The maximum atomic E-state index is 12.2. The first-order valence-corrected chi connectivity index (χ1v) is 5.76. The number of carbonyl (C=O) groups is 1. The first-order chi connectivity index (χ1) is 9.21. The number of aliphatic hydroxyl groups is 6. The second kappa shape index (κ2) is 4.65. The molecule has 0 aliphatic heterocycles. The Hall–Kier alpha value is -1.77. The average molecular weight is 282 g/mol. The molecule has 6 N–H and O–H groups in total. The summed E-state index contributed by atoms with van der Waals surface area (Å²) in [6, 6.07) is 7.33. The lowest BCUT2D eigenvalue weighted by Crippen LogP contribution is -2.67. The van der Waals surface area contributed by atoms with Crippen molar-refractivity contribution in [2.24, 2.45) is 0 Å². The highest BCUT2D eigenvalue weighted by Crippen LogP contribution is 2.34. The van der Waals surface area contributed by atoms with Crippen LogP contribution in [0.15, 0.2) is 42.2 Å². The molecule has 3 atom stereocenters. The van der Waals surface area contributed by atoms with Gasteiger partial charge >= 0.3 is 0 Å². The largest absolute Gasteiger partial charge is 0.510 e. The third kappa shape index (κ3) is 2.01. The molecule has 7 nitrogen and oxygen atoms in total. The van der Waals surface area contributed by atoms with E-state index in [4.69, 9.17) is 0 Å². The van der Waals surface area contributed by atoms with Crippen LogP contribution in [-0.2, 0) is 0 Å². The highest BCUT2D eigenvalue weighted by Gasteiger charge is 2.59. The number of benzene rings is 1. The van der Waals surface area contributed by atoms with E-state index < -0.39 is 35.1 Å². The van der Waals surface area contributed by atoms with E-state index in [0.29, 0.717) is 6.08 Å². The number of rotatable bonds is 2. The molecule has 0 saturated carbocycles. The van der Waals surface area contributed by atoms with Gasteiger partial charge in [0.05, 0.1) is 0 Å². The molecule has 7 heteroatoms. The quantitative estimate of drug-likeness (QED) is 0.285. The van der Waals surface area contributed by atoms with Crippen LogP contribution in [0.2, 0.25) is 0 Å². The number of Topliss-reactive ketones (excluding diaryl/α,β-unsaturated/α-hetero) is 1. The molecular formula is C13H14O7. The number of aliphatic hydroxyl groups excluding tert-OH is 3. The van der Waals surface area contributed by atoms with Crippen LogP contribution in [0.1, 0.15) is 10.4 Å². The fourth-order valence-electron chi connectivity index (χ4n) is 2.08. The molecule has 2 rings (SSSR count). The van der Waals surface area contributed by atoms with Crippen LogP contribution in [-0.4, -0.2) is 60.0 Å². The Kier molecular flexibility index (Phi) is 3.41. The van der Waals surface area contributed by atoms with Crippen LogP contribution in [0, 0.1) is 0 Å². The van der Waals surface area contributed by atoms with Gasteiger partial charge in [-0.05, 0) is 6.08 Å². The van der Waals surface area contributed by atoms with Crippen LogP contribution in [0.5, 0.6) is 0 Å². The van der Waals surface area contributed by atoms with Crippen molar-refractivity contribution in [3.8, 4) is 0 Å². The van der Waals surface area contributed by atoms with Gasteiger partial charge in [0.2, 0.25) is 11.6 Å². The molecule has 1 aliphatic rings. The predicted molar refractivity (Wildman–Crippen MR) is 65.6 cm³/mol. The van der Waals surface area contributed by atoms with Gasteiger partial charge in [-0.15, -0.1) is 0 Å². The lowest BCUT2D eigenvalue weighted by molar-refractivity contribution is -0.298. The van der Waals surface area contributed by atoms with Gasteiger partial charge in [-0.25, -0.2) is 0 Å². The van der Waals surface area contributed by atoms with Crippen LogP contribution in [0.3, 0.4) is 0 Å². The van der Waals surface area contributed by atoms with Crippen molar-refractivity contribution in [3.63, 3.8) is 0 Å². The Labute approximate surface area is 113 Å². The second-order valence-electron chi connectivity index (χ2n) is 4.68. The van der Waals surface area contributed by atoms with E-state index >= 15 is 0 Å². The van der Waals surface area contributed by atoms with Gasteiger partial charge in [0.15, 0.2) is 17.8 Å². The highest BCUT2D eigenvalue weighted by atomic mass is 16.6. The summed E-state index contributed by atoms with van der Waals surface area (Å²) >= 11 is 0. The predicted octanol–water partition coefficient (Wildman–Crippen LogP) is -1.54. The van der Waals surface area contributed by atoms with Gasteiger partial charge in [-0.1, -0.05) is 30.3 Å². The molecule has 1 aromatic carbocycles. The molecule has 1 aliphatic carbocycles. The second-order valence-corrected chi connectivity index (χ2v) is 4.68. The summed E-state index contributed by atoms with van der Waals surface area (Å²) in [6.07, 6.45) is -4.17. The zero-order valence-corrected chi connectivity index (χ0v) is 10.2. The van der Waals surface area contributed by atoms with Crippen molar-refractivity contribution in [3.05, 3.63) is 47.7 Å². The van der Waals surface area contributed by atoms with E-state index in [9.17, 15) is 35.4 Å². The molecule has 3 unspecified atom stereocenters. The SMILES string of the molecule is O=C(c1ccccc1)C1(O)C=C(O)C(O)C(O)(O)C1O. The molecule has 0 radical (unpaired) electrons. The standard InChI is InChI=1S/C13H14O7/c14-8-6-12(18,11(17)13(19,20)10(8)16)9(15)7-4-2-1-3-5-7/h1-6,10-11,14,16-20H. The van der Waals surface area contributed by atoms with Crippen LogP contribution in [0.4, 0.5) is 0 Å². The topological polar surface area (TPSA) is 138 Å². The van der Waals surface area contributed by atoms with Crippen LogP contribution < -0.4 is 0 Å². The number of carbonyl (C=O) groups excluding carboxylic acids is 1. The van der Waals surface area contributed by atoms with Crippen molar-refractivity contribution >= 4 is 5.78 Å². The monoisotopic (exact) mass is 282 g/mol. The minimum absolute atomic E-state index is 0.00899. The Morgan fingerprint density at radius 1 is 1.05 bits per heavy atom. The third-order valence-electron chi connectivity index (χ3n) is 3.27. The summed E-state index contributed by atoms with van der Waals surface area (Å²) < 4.78 is 0. The van der Waals surface area contributed by atoms with E-state index in [0.717, 1.165) is 0 Å². The number of ketones is 1. The number of hydrogen-bond acceptors (Lipinski definition) is 7. The average Bonchev–Trinajstić information content (AvgIpc) is 2.44. The molecular weight excluding hydrogens is 268 g/mol.